The van der Waals surface area contributed by atoms with Crippen molar-refractivity contribution in [3.63, 3.8) is 0 Å². The van der Waals surface area contributed by atoms with Crippen LogP contribution in [-0.4, -0.2) is 4.98 Å². The van der Waals surface area contributed by atoms with Crippen molar-refractivity contribution >= 4 is 15.9 Å². The van der Waals surface area contributed by atoms with Crippen molar-refractivity contribution in [2.45, 2.75) is 19.4 Å². The molecular weight excluding hydrogens is 316 g/mol. The fraction of sp³-hybridized carbons (Fsp3) is 0.214. The maximum atomic E-state index is 13.8. The number of hydrogen-bond acceptors (Lipinski definition) is 2. The Morgan fingerprint density at radius 3 is 2.58 bits per heavy atom. The fourth-order valence-corrected chi connectivity index (χ4v) is 2.10. The smallest absolute Gasteiger partial charge is 0.140 e. The van der Waals surface area contributed by atoms with Crippen LogP contribution in [0.5, 0.6) is 5.75 Å². The van der Waals surface area contributed by atoms with Crippen LogP contribution in [0, 0.1) is 11.6 Å². The monoisotopic (exact) mass is 327 g/mol. The molecule has 2 aromatic rings. The second-order valence-electron chi connectivity index (χ2n) is 4.58. The van der Waals surface area contributed by atoms with Crippen LogP contribution in [0.3, 0.4) is 0 Å². The average molecular weight is 328 g/mol. The van der Waals surface area contributed by atoms with Crippen LogP contribution in [0.2, 0.25) is 0 Å². The number of hydrogen-bond donors (Lipinski definition) is 0. The van der Waals surface area contributed by atoms with E-state index in [1.54, 1.807) is 26.1 Å². The van der Waals surface area contributed by atoms with Gasteiger partial charge in [-0.2, -0.15) is 0 Å². The molecule has 5 heteroatoms. The molecular formula is C14H12BrF2NO. The Bertz CT molecular complexity index is 602. The summed E-state index contributed by atoms with van der Waals surface area (Å²) in [5.74, 6) is -0.530. The van der Waals surface area contributed by atoms with Gasteiger partial charge >= 0.3 is 0 Å². The van der Waals surface area contributed by atoms with E-state index < -0.39 is 17.2 Å². The lowest BCUT2D eigenvalue weighted by Gasteiger charge is -2.27. The second kappa shape index (κ2) is 5.25. The van der Waals surface area contributed by atoms with Gasteiger partial charge in [0.15, 0.2) is 0 Å². The molecule has 0 saturated carbocycles. The summed E-state index contributed by atoms with van der Waals surface area (Å²) in [6.45, 7) is 3.34. The quantitative estimate of drug-likeness (QED) is 0.831. The molecule has 0 aliphatic carbocycles. The summed E-state index contributed by atoms with van der Waals surface area (Å²) in [5.41, 5.74) is -0.846. The van der Waals surface area contributed by atoms with E-state index >= 15 is 0 Å². The Hall–Kier alpha value is -1.49. The topological polar surface area (TPSA) is 22.1 Å². The number of nitrogens with zero attached hydrogens (tertiary/aromatic N) is 1. The summed E-state index contributed by atoms with van der Waals surface area (Å²) in [7, 11) is 0. The van der Waals surface area contributed by atoms with E-state index in [1.165, 1.54) is 6.20 Å². The Kier molecular flexibility index (Phi) is 3.85. The summed E-state index contributed by atoms with van der Waals surface area (Å²) in [6, 6.07) is 5.03. The molecule has 0 unspecified atom stereocenters. The van der Waals surface area contributed by atoms with Gasteiger partial charge in [-0.25, -0.2) is 8.78 Å². The van der Waals surface area contributed by atoms with Crippen LogP contribution in [-0.2, 0) is 5.60 Å². The molecule has 19 heavy (non-hydrogen) atoms. The highest BCUT2D eigenvalue weighted by Gasteiger charge is 2.27. The van der Waals surface area contributed by atoms with Crippen molar-refractivity contribution < 1.29 is 13.5 Å². The molecule has 2 rings (SSSR count). The van der Waals surface area contributed by atoms with Crippen molar-refractivity contribution in [1.82, 2.24) is 4.98 Å². The average Bonchev–Trinajstić information content (AvgIpc) is 2.31. The normalized spacial score (nSPS) is 11.4. The van der Waals surface area contributed by atoms with Gasteiger partial charge in [-0.15, -0.1) is 0 Å². The van der Waals surface area contributed by atoms with Crippen molar-refractivity contribution in [3.05, 3.63) is 58.3 Å². The van der Waals surface area contributed by atoms with Crippen molar-refractivity contribution in [1.29, 1.82) is 0 Å². The van der Waals surface area contributed by atoms with Crippen molar-refractivity contribution in [2.75, 3.05) is 0 Å². The van der Waals surface area contributed by atoms with Gasteiger partial charge in [0.05, 0.1) is 6.20 Å². The maximum absolute atomic E-state index is 13.8. The van der Waals surface area contributed by atoms with Crippen LogP contribution < -0.4 is 4.74 Å². The molecule has 0 aliphatic rings. The predicted molar refractivity (Wildman–Crippen MR) is 71.9 cm³/mol. The first-order valence-corrected chi connectivity index (χ1v) is 6.43. The van der Waals surface area contributed by atoms with E-state index in [0.29, 0.717) is 5.75 Å². The number of rotatable bonds is 3. The third kappa shape index (κ3) is 3.29. The zero-order chi connectivity index (χ0) is 14.0. The minimum absolute atomic E-state index is 0.160. The number of halogens is 3. The van der Waals surface area contributed by atoms with Gasteiger partial charge in [0.2, 0.25) is 0 Å². The lowest BCUT2D eigenvalue weighted by Crippen LogP contribution is -2.27. The lowest BCUT2D eigenvalue weighted by atomic mass is 9.97. The van der Waals surface area contributed by atoms with Crippen LogP contribution in [0.15, 0.2) is 41.1 Å². The van der Waals surface area contributed by atoms with Gasteiger partial charge in [0.1, 0.15) is 23.0 Å². The van der Waals surface area contributed by atoms with Gasteiger partial charge < -0.3 is 4.74 Å². The van der Waals surface area contributed by atoms with E-state index in [2.05, 4.69) is 20.9 Å². The van der Waals surface area contributed by atoms with Gasteiger partial charge in [-0.1, -0.05) is 0 Å². The van der Waals surface area contributed by atoms with E-state index in [-0.39, 0.29) is 5.56 Å². The summed E-state index contributed by atoms with van der Waals surface area (Å²) in [6.07, 6.45) is 3.13. The molecule has 0 amide bonds. The highest BCUT2D eigenvalue weighted by atomic mass is 79.9. The fourth-order valence-electron chi connectivity index (χ4n) is 1.76. The van der Waals surface area contributed by atoms with Crippen LogP contribution in [0.1, 0.15) is 19.4 Å². The zero-order valence-corrected chi connectivity index (χ0v) is 12.0. The zero-order valence-electron chi connectivity index (χ0n) is 10.5. The molecule has 0 radical (unpaired) electrons. The molecule has 1 aromatic carbocycles. The van der Waals surface area contributed by atoms with Crippen LogP contribution in [0.25, 0.3) is 0 Å². The minimum atomic E-state index is -1.01. The molecule has 0 saturated heterocycles. The first-order valence-electron chi connectivity index (χ1n) is 5.63. The van der Waals surface area contributed by atoms with E-state index in [9.17, 15) is 8.78 Å². The number of benzene rings is 1. The second-order valence-corrected chi connectivity index (χ2v) is 5.49. The van der Waals surface area contributed by atoms with E-state index in [4.69, 9.17) is 4.74 Å². The number of aromatic nitrogens is 1. The van der Waals surface area contributed by atoms with Gasteiger partial charge in [-0.05, 0) is 54.0 Å². The molecule has 1 aromatic heterocycles. The Balaban J connectivity index is 2.34. The first-order chi connectivity index (χ1) is 8.88. The highest BCUT2D eigenvalue weighted by Crippen LogP contribution is 2.30. The summed E-state index contributed by atoms with van der Waals surface area (Å²) < 4.78 is 33.5. The Morgan fingerprint density at radius 1 is 1.16 bits per heavy atom. The molecule has 0 aliphatic heterocycles. The standard InChI is InChI=1S/C14H12BrF2NO/c1-14(2,12-6-10(16)3-4-13(12)17)19-11-5-9(15)7-18-8-11/h3-8H,1-2H3. The van der Waals surface area contributed by atoms with Gasteiger partial charge in [0, 0.05) is 16.2 Å². The Morgan fingerprint density at radius 2 is 1.89 bits per heavy atom. The third-order valence-electron chi connectivity index (χ3n) is 2.63. The molecule has 0 atom stereocenters. The lowest BCUT2D eigenvalue weighted by molar-refractivity contribution is 0.103. The first kappa shape index (κ1) is 13.9. The molecule has 0 N–H and O–H groups in total. The largest absolute Gasteiger partial charge is 0.481 e. The van der Waals surface area contributed by atoms with Gasteiger partial charge in [0.25, 0.3) is 0 Å². The summed E-state index contributed by atoms with van der Waals surface area (Å²) >= 11 is 3.28. The number of ether oxygens (including phenoxy) is 1. The molecule has 0 bridgehead atoms. The molecule has 2 nitrogen and oxygen atoms in total. The van der Waals surface area contributed by atoms with Crippen molar-refractivity contribution in [2.24, 2.45) is 0 Å². The van der Waals surface area contributed by atoms with Crippen LogP contribution >= 0.6 is 15.9 Å². The minimum Gasteiger partial charge on any atom is -0.481 e. The van der Waals surface area contributed by atoms with Gasteiger partial charge in [-0.3, -0.25) is 4.98 Å². The summed E-state index contributed by atoms with van der Waals surface area (Å²) in [4.78, 5) is 3.96. The molecule has 1 heterocycles. The maximum Gasteiger partial charge on any atom is 0.140 e. The predicted octanol–water partition coefficient (Wildman–Crippen LogP) is 4.44. The summed E-state index contributed by atoms with van der Waals surface area (Å²) in [5, 5.41) is 0. The molecule has 100 valence electrons. The SMILES string of the molecule is CC(C)(Oc1cncc(Br)c1)c1cc(F)ccc1F. The Labute approximate surface area is 118 Å². The van der Waals surface area contributed by atoms with E-state index in [1.807, 2.05) is 0 Å². The third-order valence-corrected chi connectivity index (χ3v) is 3.06. The molecule has 0 fully saturated rings. The molecule has 0 spiro atoms. The number of pyridine rings is 1. The van der Waals surface area contributed by atoms with E-state index in [0.717, 1.165) is 22.7 Å². The van der Waals surface area contributed by atoms with Crippen LogP contribution in [0.4, 0.5) is 8.78 Å². The van der Waals surface area contributed by atoms with Crippen molar-refractivity contribution in [3.8, 4) is 5.75 Å². The highest BCUT2D eigenvalue weighted by molar-refractivity contribution is 9.10.